The van der Waals surface area contributed by atoms with Crippen molar-refractivity contribution in [1.29, 1.82) is 0 Å². The zero-order chi connectivity index (χ0) is 17.4. The van der Waals surface area contributed by atoms with E-state index in [1.807, 2.05) is 61.5 Å². The highest BCUT2D eigenvalue weighted by molar-refractivity contribution is 5.97. The number of rotatable bonds is 2. The molecule has 0 bridgehead atoms. The van der Waals surface area contributed by atoms with Gasteiger partial charge >= 0.3 is 0 Å². The van der Waals surface area contributed by atoms with Gasteiger partial charge in [0.2, 0.25) is 0 Å². The smallest absolute Gasteiger partial charge is 0.254 e. The fourth-order valence-electron chi connectivity index (χ4n) is 3.43. The number of benzene rings is 1. The van der Waals surface area contributed by atoms with Gasteiger partial charge in [-0.15, -0.1) is 0 Å². The molecule has 0 atom stereocenters. The van der Waals surface area contributed by atoms with E-state index in [-0.39, 0.29) is 5.91 Å². The number of aryl methyl sites for hydroxylation is 2. The number of aromatic nitrogens is 2. The topological polar surface area (TPSA) is 49.0 Å². The molecule has 0 radical (unpaired) electrons. The van der Waals surface area contributed by atoms with Gasteiger partial charge in [-0.2, -0.15) is 0 Å². The summed E-state index contributed by atoms with van der Waals surface area (Å²) in [5.41, 5.74) is 7.42. The van der Waals surface area contributed by atoms with Crippen LogP contribution < -0.4 is 0 Å². The Bertz CT molecular complexity index is 984. The molecule has 2 aromatic heterocycles. The molecule has 0 saturated heterocycles. The molecule has 4 heteroatoms. The first-order valence-corrected chi connectivity index (χ1v) is 8.61. The quantitative estimate of drug-likeness (QED) is 0.768. The van der Waals surface area contributed by atoms with Crippen molar-refractivity contribution in [1.82, 2.24) is 14.9 Å². The number of aromatic amines is 1. The molecule has 4 rings (SSSR count). The molecular formula is C21H21N3O. The van der Waals surface area contributed by atoms with Gasteiger partial charge in [0.1, 0.15) is 0 Å². The monoisotopic (exact) mass is 331 g/mol. The lowest BCUT2D eigenvalue weighted by molar-refractivity contribution is 0.0772. The maximum Gasteiger partial charge on any atom is 0.254 e. The molecule has 0 unspecified atom stereocenters. The normalized spacial score (nSPS) is 14.6. The Morgan fingerprint density at radius 1 is 1.24 bits per heavy atom. The van der Waals surface area contributed by atoms with E-state index in [1.165, 1.54) is 5.57 Å². The second-order valence-corrected chi connectivity index (χ2v) is 6.65. The molecule has 1 aliphatic rings. The number of nitrogens with one attached hydrogen (secondary N) is 1. The Morgan fingerprint density at radius 2 is 2.12 bits per heavy atom. The fourth-order valence-corrected chi connectivity index (χ4v) is 3.43. The minimum absolute atomic E-state index is 0.119. The molecule has 3 aromatic rings. The number of hydrogen-bond acceptors (Lipinski definition) is 2. The van der Waals surface area contributed by atoms with Gasteiger partial charge in [0, 0.05) is 36.6 Å². The van der Waals surface area contributed by atoms with Crippen molar-refractivity contribution in [2.45, 2.75) is 20.3 Å². The van der Waals surface area contributed by atoms with Gasteiger partial charge in [-0.3, -0.25) is 9.78 Å². The summed E-state index contributed by atoms with van der Waals surface area (Å²) in [6.45, 7) is 5.39. The van der Waals surface area contributed by atoms with Gasteiger partial charge in [-0.1, -0.05) is 23.8 Å². The van der Waals surface area contributed by atoms with Crippen LogP contribution in [0.5, 0.6) is 0 Å². The average molecular weight is 331 g/mol. The summed E-state index contributed by atoms with van der Waals surface area (Å²) in [5, 5.41) is 0. The Balaban J connectivity index is 1.58. The van der Waals surface area contributed by atoms with Crippen molar-refractivity contribution in [2.75, 3.05) is 13.1 Å². The zero-order valence-electron chi connectivity index (χ0n) is 14.5. The lowest BCUT2D eigenvalue weighted by Crippen LogP contribution is -2.35. The number of amides is 1. The van der Waals surface area contributed by atoms with Crippen LogP contribution in [0.2, 0.25) is 0 Å². The lowest BCUT2D eigenvalue weighted by atomic mass is 9.99. The highest BCUT2D eigenvalue weighted by Crippen LogP contribution is 2.28. The number of H-pyrrole nitrogens is 1. The maximum absolute atomic E-state index is 12.9. The lowest BCUT2D eigenvalue weighted by Gasteiger charge is -2.27. The number of pyridine rings is 1. The fraction of sp³-hybridized carbons (Fsp3) is 0.238. The predicted octanol–water partition coefficient (Wildman–Crippen LogP) is 4.11. The highest BCUT2D eigenvalue weighted by Gasteiger charge is 2.21. The molecular weight excluding hydrogens is 310 g/mol. The molecule has 1 N–H and O–H groups in total. The molecule has 3 heterocycles. The van der Waals surface area contributed by atoms with Gasteiger partial charge in [0.05, 0.1) is 11.0 Å². The second kappa shape index (κ2) is 6.20. The number of carbonyl (C=O) groups is 1. The van der Waals surface area contributed by atoms with Crippen molar-refractivity contribution in [3.05, 3.63) is 71.1 Å². The predicted molar refractivity (Wildman–Crippen MR) is 101 cm³/mol. The van der Waals surface area contributed by atoms with Crippen molar-refractivity contribution in [2.24, 2.45) is 0 Å². The first-order chi connectivity index (χ1) is 12.1. The first-order valence-electron chi connectivity index (χ1n) is 8.61. The van der Waals surface area contributed by atoms with Crippen LogP contribution in [0, 0.1) is 13.8 Å². The van der Waals surface area contributed by atoms with Crippen molar-refractivity contribution >= 4 is 22.5 Å². The number of hydrogen-bond donors (Lipinski definition) is 1. The molecule has 4 nitrogen and oxygen atoms in total. The summed E-state index contributed by atoms with van der Waals surface area (Å²) >= 11 is 0. The van der Waals surface area contributed by atoms with E-state index < -0.39 is 0 Å². The van der Waals surface area contributed by atoms with Crippen LogP contribution in [0.1, 0.15) is 33.5 Å². The molecule has 126 valence electrons. The number of carbonyl (C=O) groups excluding carboxylic acids is 1. The molecule has 1 aromatic carbocycles. The first kappa shape index (κ1) is 15.6. The highest BCUT2D eigenvalue weighted by atomic mass is 16.2. The van der Waals surface area contributed by atoms with Crippen LogP contribution in [-0.4, -0.2) is 33.9 Å². The van der Waals surface area contributed by atoms with Crippen LogP contribution in [0.3, 0.4) is 0 Å². The third-order valence-corrected chi connectivity index (χ3v) is 4.90. The summed E-state index contributed by atoms with van der Waals surface area (Å²) < 4.78 is 0. The molecule has 1 amide bonds. The molecule has 0 spiro atoms. The minimum atomic E-state index is 0.119. The molecule has 0 fully saturated rings. The Hall–Kier alpha value is -2.88. The molecule has 25 heavy (non-hydrogen) atoms. The molecule has 0 saturated carbocycles. The largest absolute Gasteiger partial charge is 0.359 e. The van der Waals surface area contributed by atoms with Crippen LogP contribution in [0.4, 0.5) is 0 Å². The van der Waals surface area contributed by atoms with Gasteiger partial charge in [0.25, 0.3) is 5.91 Å². The van der Waals surface area contributed by atoms with Crippen LogP contribution >= 0.6 is 0 Å². The van der Waals surface area contributed by atoms with Gasteiger partial charge in [0.15, 0.2) is 0 Å². The van der Waals surface area contributed by atoms with Gasteiger partial charge < -0.3 is 9.88 Å². The van der Waals surface area contributed by atoms with E-state index in [2.05, 4.69) is 16.0 Å². The van der Waals surface area contributed by atoms with Gasteiger partial charge in [-0.05, 0) is 49.6 Å². The Labute approximate surface area is 147 Å². The SMILES string of the molecule is Cc1ccc(C)c(C(=O)N2CC=C(c3c[nH]c4cccnc34)CC2)c1. The molecule has 1 aliphatic heterocycles. The van der Waals surface area contributed by atoms with Gasteiger partial charge in [-0.25, -0.2) is 0 Å². The minimum Gasteiger partial charge on any atom is -0.359 e. The summed E-state index contributed by atoms with van der Waals surface area (Å²) in [4.78, 5) is 22.5. The van der Waals surface area contributed by atoms with E-state index in [4.69, 9.17) is 0 Å². The van der Waals surface area contributed by atoms with Crippen LogP contribution in [0.15, 0.2) is 48.8 Å². The third kappa shape index (κ3) is 2.84. The Morgan fingerprint density at radius 3 is 2.92 bits per heavy atom. The summed E-state index contributed by atoms with van der Waals surface area (Å²) in [5.74, 6) is 0.119. The van der Waals surface area contributed by atoms with Crippen LogP contribution in [-0.2, 0) is 0 Å². The van der Waals surface area contributed by atoms with Crippen LogP contribution in [0.25, 0.3) is 16.6 Å². The second-order valence-electron chi connectivity index (χ2n) is 6.65. The van der Waals surface area contributed by atoms with E-state index in [0.717, 1.165) is 46.3 Å². The van der Waals surface area contributed by atoms with E-state index in [9.17, 15) is 4.79 Å². The average Bonchev–Trinajstić information content (AvgIpc) is 3.07. The van der Waals surface area contributed by atoms with Crippen molar-refractivity contribution in [3.63, 3.8) is 0 Å². The molecule has 0 aliphatic carbocycles. The van der Waals surface area contributed by atoms with E-state index in [1.54, 1.807) is 0 Å². The summed E-state index contributed by atoms with van der Waals surface area (Å²) in [6, 6.07) is 10.0. The van der Waals surface area contributed by atoms with E-state index >= 15 is 0 Å². The standard InChI is InChI=1S/C21H21N3O/c1-14-5-6-15(2)17(12-14)21(25)24-10-7-16(8-11-24)18-13-23-19-4-3-9-22-20(18)19/h3-7,9,12-13,23H,8,10-11H2,1-2H3. The van der Waals surface area contributed by atoms with Crippen molar-refractivity contribution in [3.8, 4) is 0 Å². The van der Waals surface area contributed by atoms with E-state index in [0.29, 0.717) is 6.54 Å². The number of fused-ring (bicyclic) bond motifs is 1. The third-order valence-electron chi connectivity index (χ3n) is 4.90. The number of nitrogens with zero attached hydrogens (tertiary/aromatic N) is 2. The summed E-state index contributed by atoms with van der Waals surface area (Å²) in [7, 11) is 0. The summed E-state index contributed by atoms with van der Waals surface area (Å²) in [6.07, 6.45) is 6.84. The van der Waals surface area contributed by atoms with Crippen molar-refractivity contribution < 1.29 is 4.79 Å². The maximum atomic E-state index is 12.9. The zero-order valence-corrected chi connectivity index (χ0v) is 14.5. The Kier molecular flexibility index (Phi) is 3.88.